The van der Waals surface area contributed by atoms with Crippen LogP contribution in [0.1, 0.15) is 44.8 Å². The van der Waals surface area contributed by atoms with E-state index >= 15 is 0 Å². The van der Waals surface area contributed by atoms with Gasteiger partial charge in [-0.05, 0) is 31.9 Å². The Hall–Kier alpha value is -1.54. The molecule has 2 N–H and O–H groups in total. The number of nitrogens with zero attached hydrogens (tertiary/aromatic N) is 2. The molecule has 0 unspecified atom stereocenters. The largest absolute Gasteiger partial charge is 0.467 e. The Balaban J connectivity index is 1.45. The Morgan fingerprint density at radius 1 is 1.42 bits per heavy atom. The van der Waals surface area contributed by atoms with Crippen LogP contribution in [0.15, 0.2) is 27.2 Å². The highest BCUT2D eigenvalue weighted by Gasteiger charge is 2.19. The molecule has 3 rings (SSSR count). The fraction of sp³-hybridized carbons (Fsp3) is 0.562. The van der Waals surface area contributed by atoms with E-state index in [2.05, 4.69) is 20.8 Å². The predicted molar refractivity (Wildman–Crippen MR) is 96.3 cm³/mol. The van der Waals surface area contributed by atoms with Gasteiger partial charge in [0.25, 0.3) is 0 Å². The summed E-state index contributed by atoms with van der Waals surface area (Å²) in [6.07, 6.45) is 7.90. The van der Waals surface area contributed by atoms with Gasteiger partial charge in [0.1, 0.15) is 5.76 Å². The summed E-state index contributed by atoms with van der Waals surface area (Å²) < 4.78 is 6.02. The minimum absolute atomic E-state index is 0.0339. The van der Waals surface area contributed by atoms with Crippen molar-refractivity contribution < 1.29 is 9.21 Å². The Bertz CT molecular complexity index is 638. The standard InChI is InChI=1S/C16H22N4O2S2/c1-11(14(21)17-10-13-8-5-9-22-13)23-16-20-19-15(24-16)18-12-6-3-2-4-7-12/h5,8-9,11-12H,2-4,6-7,10H2,1H3,(H,17,21)(H,18,19)/t11-/m1/s1. The minimum Gasteiger partial charge on any atom is -0.467 e. The molecule has 24 heavy (non-hydrogen) atoms. The number of hydrogen-bond acceptors (Lipinski definition) is 7. The third kappa shape index (κ3) is 4.98. The van der Waals surface area contributed by atoms with Crippen molar-refractivity contribution in [2.24, 2.45) is 0 Å². The van der Waals surface area contributed by atoms with E-state index in [4.69, 9.17) is 4.42 Å². The fourth-order valence-electron chi connectivity index (χ4n) is 2.67. The first kappa shape index (κ1) is 17.3. The number of anilines is 1. The molecule has 1 atom stereocenters. The highest BCUT2D eigenvalue weighted by molar-refractivity contribution is 8.02. The predicted octanol–water partition coefficient (Wildman–Crippen LogP) is 3.67. The number of thioether (sulfide) groups is 1. The molecule has 1 aliphatic rings. The van der Waals surface area contributed by atoms with Crippen molar-refractivity contribution in [2.45, 2.75) is 61.2 Å². The molecule has 2 aromatic rings. The second kappa shape index (κ2) is 8.53. The zero-order valence-corrected chi connectivity index (χ0v) is 15.3. The molecule has 130 valence electrons. The summed E-state index contributed by atoms with van der Waals surface area (Å²) in [6, 6.07) is 4.16. The van der Waals surface area contributed by atoms with E-state index in [1.54, 1.807) is 6.26 Å². The topological polar surface area (TPSA) is 80.0 Å². The van der Waals surface area contributed by atoms with Crippen LogP contribution in [0.25, 0.3) is 0 Å². The summed E-state index contributed by atoms with van der Waals surface area (Å²) in [7, 11) is 0. The molecule has 1 saturated carbocycles. The summed E-state index contributed by atoms with van der Waals surface area (Å²) in [5.41, 5.74) is 0. The van der Waals surface area contributed by atoms with E-state index in [-0.39, 0.29) is 11.2 Å². The van der Waals surface area contributed by atoms with Crippen molar-refractivity contribution in [3.63, 3.8) is 0 Å². The lowest BCUT2D eigenvalue weighted by molar-refractivity contribution is -0.120. The van der Waals surface area contributed by atoms with Crippen molar-refractivity contribution in [1.29, 1.82) is 0 Å². The van der Waals surface area contributed by atoms with Gasteiger partial charge in [-0.15, -0.1) is 10.2 Å². The van der Waals surface area contributed by atoms with E-state index < -0.39 is 0 Å². The summed E-state index contributed by atoms with van der Waals surface area (Å²) in [5, 5.41) is 15.3. The van der Waals surface area contributed by atoms with Gasteiger partial charge in [0, 0.05) is 6.04 Å². The molecule has 0 bridgehead atoms. The molecule has 8 heteroatoms. The van der Waals surface area contributed by atoms with Gasteiger partial charge in [0.2, 0.25) is 11.0 Å². The van der Waals surface area contributed by atoms with Gasteiger partial charge >= 0.3 is 0 Å². The van der Waals surface area contributed by atoms with Crippen LogP contribution in [0.4, 0.5) is 5.13 Å². The van der Waals surface area contributed by atoms with Crippen LogP contribution >= 0.6 is 23.1 Å². The van der Waals surface area contributed by atoms with Crippen LogP contribution in [-0.2, 0) is 11.3 Å². The van der Waals surface area contributed by atoms with Crippen LogP contribution in [0.3, 0.4) is 0 Å². The first-order valence-corrected chi connectivity index (χ1v) is 9.97. The first-order chi connectivity index (χ1) is 11.7. The van der Waals surface area contributed by atoms with Gasteiger partial charge in [-0.1, -0.05) is 42.4 Å². The summed E-state index contributed by atoms with van der Waals surface area (Å²) in [5.74, 6) is 0.712. The maximum absolute atomic E-state index is 12.1. The third-order valence-corrected chi connectivity index (χ3v) is 6.04. The second-order valence-corrected chi connectivity index (χ2v) is 8.48. The van der Waals surface area contributed by atoms with Gasteiger partial charge in [-0.25, -0.2) is 0 Å². The zero-order chi connectivity index (χ0) is 16.8. The molecule has 0 aromatic carbocycles. The number of nitrogens with one attached hydrogen (secondary N) is 2. The lowest BCUT2D eigenvalue weighted by Crippen LogP contribution is -2.30. The number of amides is 1. The number of carbonyl (C=O) groups is 1. The van der Waals surface area contributed by atoms with Gasteiger partial charge < -0.3 is 15.1 Å². The summed E-state index contributed by atoms with van der Waals surface area (Å²) in [6.45, 7) is 2.28. The quantitative estimate of drug-likeness (QED) is 0.728. The first-order valence-electron chi connectivity index (χ1n) is 8.27. The molecule has 0 spiro atoms. The van der Waals surface area contributed by atoms with Crippen LogP contribution in [0.5, 0.6) is 0 Å². The molecular formula is C16H22N4O2S2. The van der Waals surface area contributed by atoms with Gasteiger partial charge in [0.15, 0.2) is 4.34 Å². The maximum Gasteiger partial charge on any atom is 0.233 e. The van der Waals surface area contributed by atoms with Crippen LogP contribution in [0, 0.1) is 0 Å². The van der Waals surface area contributed by atoms with E-state index in [1.165, 1.54) is 55.2 Å². The average molecular weight is 367 g/mol. The van der Waals surface area contributed by atoms with Crippen molar-refractivity contribution in [3.05, 3.63) is 24.2 Å². The molecular weight excluding hydrogens is 344 g/mol. The van der Waals surface area contributed by atoms with Crippen LogP contribution < -0.4 is 10.6 Å². The summed E-state index contributed by atoms with van der Waals surface area (Å²) >= 11 is 2.95. The highest BCUT2D eigenvalue weighted by Crippen LogP contribution is 2.30. The van der Waals surface area contributed by atoms with Crippen molar-refractivity contribution in [3.8, 4) is 0 Å². The number of hydrogen-bond donors (Lipinski definition) is 2. The van der Waals surface area contributed by atoms with Gasteiger partial charge in [-0.3, -0.25) is 4.79 Å². The monoisotopic (exact) mass is 366 g/mol. The maximum atomic E-state index is 12.1. The lowest BCUT2D eigenvalue weighted by Gasteiger charge is -2.21. The Morgan fingerprint density at radius 2 is 2.25 bits per heavy atom. The summed E-state index contributed by atoms with van der Waals surface area (Å²) in [4.78, 5) is 12.1. The second-order valence-electron chi connectivity index (χ2n) is 5.91. The minimum atomic E-state index is -0.226. The SMILES string of the molecule is C[C@@H](Sc1nnc(NC2CCCCC2)s1)C(=O)NCc1ccco1. The molecule has 0 saturated heterocycles. The molecule has 1 aliphatic carbocycles. The molecule has 0 aliphatic heterocycles. The van der Waals surface area contributed by atoms with Crippen molar-refractivity contribution in [1.82, 2.24) is 15.5 Å². The fourth-order valence-corrected chi connectivity index (χ4v) is 4.67. The smallest absolute Gasteiger partial charge is 0.233 e. The number of furan rings is 1. The van der Waals surface area contributed by atoms with Crippen molar-refractivity contribution in [2.75, 3.05) is 5.32 Å². The molecule has 0 radical (unpaired) electrons. The Morgan fingerprint density at radius 3 is 3.00 bits per heavy atom. The van der Waals surface area contributed by atoms with Crippen LogP contribution in [0.2, 0.25) is 0 Å². The van der Waals surface area contributed by atoms with Crippen molar-refractivity contribution >= 4 is 34.1 Å². The Labute approximate surface area is 149 Å². The van der Waals surface area contributed by atoms with E-state index in [1.807, 2.05) is 19.1 Å². The van der Waals surface area contributed by atoms with E-state index in [9.17, 15) is 4.79 Å². The zero-order valence-electron chi connectivity index (χ0n) is 13.7. The molecule has 6 nitrogen and oxygen atoms in total. The molecule has 1 fully saturated rings. The third-order valence-electron chi connectivity index (χ3n) is 4.00. The number of rotatable bonds is 7. The normalized spacial score (nSPS) is 16.7. The average Bonchev–Trinajstić information content (AvgIpc) is 3.25. The number of aromatic nitrogens is 2. The lowest BCUT2D eigenvalue weighted by atomic mass is 9.96. The molecule has 1 amide bonds. The molecule has 2 heterocycles. The van der Waals surface area contributed by atoms with E-state index in [0.29, 0.717) is 12.6 Å². The highest BCUT2D eigenvalue weighted by atomic mass is 32.2. The van der Waals surface area contributed by atoms with Gasteiger partial charge in [-0.2, -0.15) is 0 Å². The molecule has 2 aromatic heterocycles. The van der Waals surface area contributed by atoms with Crippen LogP contribution in [-0.4, -0.2) is 27.4 Å². The number of carbonyl (C=O) groups excluding carboxylic acids is 1. The van der Waals surface area contributed by atoms with E-state index in [0.717, 1.165) is 15.2 Å². The van der Waals surface area contributed by atoms with Gasteiger partial charge in [0.05, 0.1) is 18.1 Å². The Kier molecular flexibility index (Phi) is 6.14.